The Morgan fingerprint density at radius 1 is 1.14 bits per heavy atom. The molecule has 0 heterocycles. The van der Waals surface area contributed by atoms with Crippen LogP contribution in [0, 0.1) is 5.82 Å². The molecule has 0 aliphatic rings. The van der Waals surface area contributed by atoms with Crippen LogP contribution < -0.4 is 5.32 Å². The number of halogens is 2. The zero-order chi connectivity index (χ0) is 15.9. The van der Waals surface area contributed by atoms with Crippen LogP contribution in [0.1, 0.15) is 15.9 Å². The van der Waals surface area contributed by atoms with Crippen LogP contribution in [0.5, 0.6) is 0 Å². The van der Waals surface area contributed by atoms with E-state index < -0.39 is 24.3 Å². The van der Waals surface area contributed by atoms with Gasteiger partial charge in [-0.25, -0.2) is 9.18 Å². The number of esters is 1. The molecular formula is C16H13BrFNO3. The van der Waals surface area contributed by atoms with Crippen molar-refractivity contribution in [1.82, 2.24) is 5.32 Å². The Balaban J connectivity index is 1.83. The lowest BCUT2D eigenvalue weighted by molar-refractivity contribution is -0.124. The average molecular weight is 366 g/mol. The minimum Gasteiger partial charge on any atom is -0.452 e. The predicted molar refractivity (Wildman–Crippen MR) is 82.7 cm³/mol. The maximum atomic E-state index is 13.1. The van der Waals surface area contributed by atoms with Gasteiger partial charge >= 0.3 is 5.97 Å². The molecule has 1 amide bonds. The van der Waals surface area contributed by atoms with Gasteiger partial charge in [0, 0.05) is 11.0 Å². The summed E-state index contributed by atoms with van der Waals surface area (Å²) in [6.07, 6.45) is 0. The second-order valence-corrected chi connectivity index (χ2v) is 5.32. The van der Waals surface area contributed by atoms with Crippen LogP contribution in [0.3, 0.4) is 0 Å². The summed E-state index contributed by atoms with van der Waals surface area (Å²) in [7, 11) is 0. The molecule has 0 aliphatic heterocycles. The maximum Gasteiger partial charge on any atom is 0.339 e. The molecule has 2 aromatic rings. The summed E-state index contributed by atoms with van der Waals surface area (Å²) in [5.41, 5.74) is 0.978. The SMILES string of the molecule is O=C(COC(=O)c1cc(F)ccc1Br)NCc1ccccc1. The van der Waals surface area contributed by atoms with Gasteiger partial charge in [-0.1, -0.05) is 30.3 Å². The van der Waals surface area contributed by atoms with E-state index in [2.05, 4.69) is 21.2 Å². The lowest BCUT2D eigenvalue weighted by Crippen LogP contribution is -2.28. The van der Waals surface area contributed by atoms with Gasteiger partial charge in [-0.2, -0.15) is 0 Å². The topological polar surface area (TPSA) is 55.4 Å². The largest absolute Gasteiger partial charge is 0.452 e. The smallest absolute Gasteiger partial charge is 0.339 e. The highest BCUT2D eigenvalue weighted by Crippen LogP contribution is 2.18. The van der Waals surface area contributed by atoms with Gasteiger partial charge in [0.15, 0.2) is 6.61 Å². The Hall–Kier alpha value is -2.21. The van der Waals surface area contributed by atoms with Crippen molar-refractivity contribution < 1.29 is 18.7 Å². The quantitative estimate of drug-likeness (QED) is 0.828. The van der Waals surface area contributed by atoms with E-state index in [1.165, 1.54) is 12.1 Å². The van der Waals surface area contributed by atoms with Crippen molar-refractivity contribution in [2.75, 3.05) is 6.61 Å². The second-order valence-electron chi connectivity index (χ2n) is 4.46. The first-order valence-electron chi connectivity index (χ1n) is 6.49. The van der Waals surface area contributed by atoms with E-state index in [1.807, 2.05) is 30.3 Å². The van der Waals surface area contributed by atoms with Crippen molar-refractivity contribution in [3.63, 3.8) is 0 Å². The molecule has 0 saturated heterocycles. The summed E-state index contributed by atoms with van der Waals surface area (Å²) >= 11 is 3.13. The molecule has 4 nitrogen and oxygen atoms in total. The van der Waals surface area contributed by atoms with Crippen molar-refractivity contribution in [3.8, 4) is 0 Å². The molecule has 0 saturated carbocycles. The van der Waals surface area contributed by atoms with Crippen LogP contribution in [-0.2, 0) is 16.1 Å². The summed E-state index contributed by atoms with van der Waals surface area (Å²) in [4.78, 5) is 23.4. The lowest BCUT2D eigenvalue weighted by atomic mass is 10.2. The number of amides is 1. The number of hydrogen-bond acceptors (Lipinski definition) is 3. The van der Waals surface area contributed by atoms with Gasteiger partial charge in [-0.3, -0.25) is 4.79 Å². The Labute approximate surface area is 135 Å². The molecule has 0 fully saturated rings. The Bertz CT molecular complexity index is 676. The van der Waals surface area contributed by atoms with Crippen molar-refractivity contribution in [1.29, 1.82) is 0 Å². The summed E-state index contributed by atoms with van der Waals surface area (Å²) in [6.45, 7) is -0.0739. The van der Waals surface area contributed by atoms with Crippen LogP contribution in [0.4, 0.5) is 4.39 Å². The Morgan fingerprint density at radius 3 is 2.59 bits per heavy atom. The van der Waals surface area contributed by atoms with Crippen molar-refractivity contribution in [3.05, 3.63) is 69.9 Å². The van der Waals surface area contributed by atoms with Gasteiger partial charge in [0.25, 0.3) is 5.91 Å². The minimum absolute atomic E-state index is 0.0378. The zero-order valence-corrected chi connectivity index (χ0v) is 13.1. The van der Waals surface area contributed by atoms with E-state index in [4.69, 9.17) is 4.74 Å². The van der Waals surface area contributed by atoms with E-state index in [-0.39, 0.29) is 5.56 Å². The first-order valence-corrected chi connectivity index (χ1v) is 7.28. The van der Waals surface area contributed by atoms with Gasteiger partial charge in [-0.05, 0) is 39.7 Å². The molecule has 114 valence electrons. The molecule has 0 aromatic heterocycles. The monoisotopic (exact) mass is 365 g/mol. The molecule has 0 aliphatic carbocycles. The van der Waals surface area contributed by atoms with E-state index >= 15 is 0 Å². The fourth-order valence-corrected chi connectivity index (χ4v) is 2.12. The van der Waals surface area contributed by atoms with Crippen LogP contribution in [0.2, 0.25) is 0 Å². The van der Waals surface area contributed by atoms with Crippen molar-refractivity contribution >= 4 is 27.8 Å². The number of benzene rings is 2. The summed E-state index contributed by atoms with van der Waals surface area (Å²) < 4.78 is 18.4. The van der Waals surface area contributed by atoms with Gasteiger partial charge in [0.2, 0.25) is 0 Å². The molecule has 0 spiro atoms. The standard InChI is InChI=1S/C16H13BrFNO3/c17-14-7-6-12(18)8-13(14)16(21)22-10-15(20)19-9-11-4-2-1-3-5-11/h1-8H,9-10H2,(H,19,20). The molecule has 1 N–H and O–H groups in total. The highest BCUT2D eigenvalue weighted by atomic mass is 79.9. The molecule has 0 atom stereocenters. The number of hydrogen-bond donors (Lipinski definition) is 1. The number of rotatable bonds is 5. The molecule has 0 bridgehead atoms. The van der Waals surface area contributed by atoms with E-state index in [0.29, 0.717) is 11.0 Å². The predicted octanol–water partition coefficient (Wildman–Crippen LogP) is 3.06. The first kappa shape index (κ1) is 16.2. The third-order valence-electron chi connectivity index (χ3n) is 2.82. The number of carbonyl (C=O) groups is 2. The summed E-state index contributed by atoms with van der Waals surface area (Å²) in [6, 6.07) is 13.0. The molecule has 0 radical (unpaired) electrons. The number of carbonyl (C=O) groups excluding carboxylic acids is 2. The van der Waals surface area contributed by atoms with Gasteiger partial charge in [-0.15, -0.1) is 0 Å². The maximum absolute atomic E-state index is 13.1. The van der Waals surface area contributed by atoms with Crippen LogP contribution in [-0.4, -0.2) is 18.5 Å². The van der Waals surface area contributed by atoms with Crippen molar-refractivity contribution in [2.45, 2.75) is 6.54 Å². The van der Waals surface area contributed by atoms with Crippen LogP contribution in [0.25, 0.3) is 0 Å². The van der Waals surface area contributed by atoms with Crippen molar-refractivity contribution in [2.24, 2.45) is 0 Å². The average Bonchev–Trinajstić information content (AvgIpc) is 2.54. The molecular weight excluding hydrogens is 353 g/mol. The first-order chi connectivity index (χ1) is 10.6. The highest BCUT2D eigenvalue weighted by Gasteiger charge is 2.14. The minimum atomic E-state index is -0.763. The highest BCUT2D eigenvalue weighted by molar-refractivity contribution is 9.10. The number of ether oxygens (including phenoxy) is 1. The van der Waals surface area contributed by atoms with Gasteiger partial charge < -0.3 is 10.1 Å². The van der Waals surface area contributed by atoms with Crippen LogP contribution in [0.15, 0.2) is 53.0 Å². The lowest BCUT2D eigenvalue weighted by Gasteiger charge is -2.07. The fourth-order valence-electron chi connectivity index (χ4n) is 1.71. The summed E-state index contributed by atoms with van der Waals surface area (Å²) in [5.74, 6) is -1.74. The molecule has 2 rings (SSSR count). The number of nitrogens with one attached hydrogen (secondary N) is 1. The second kappa shape index (κ2) is 7.70. The van der Waals surface area contributed by atoms with Gasteiger partial charge in [0.1, 0.15) is 5.82 Å². The molecule has 22 heavy (non-hydrogen) atoms. The fraction of sp³-hybridized carbons (Fsp3) is 0.125. The third-order valence-corrected chi connectivity index (χ3v) is 3.51. The Kier molecular flexibility index (Phi) is 5.66. The van der Waals surface area contributed by atoms with Crippen LogP contribution >= 0.6 is 15.9 Å². The summed E-state index contributed by atoms with van der Waals surface area (Å²) in [5, 5.41) is 2.63. The third kappa shape index (κ3) is 4.66. The molecule has 2 aromatic carbocycles. The van der Waals surface area contributed by atoms with E-state index in [1.54, 1.807) is 0 Å². The van der Waals surface area contributed by atoms with Gasteiger partial charge in [0.05, 0.1) is 5.56 Å². The molecule has 0 unspecified atom stereocenters. The zero-order valence-electron chi connectivity index (χ0n) is 11.5. The van der Waals surface area contributed by atoms with E-state index in [0.717, 1.165) is 11.6 Å². The Morgan fingerprint density at radius 2 is 1.86 bits per heavy atom. The van der Waals surface area contributed by atoms with E-state index in [9.17, 15) is 14.0 Å². The normalized spacial score (nSPS) is 10.1. The molecule has 6 heteroatoms.